The molecule has 1 heterocycles. The molecular weight excluding hydrogens is 262 g/mol. The third kappa shape index (κ3) is 4.99. The van der Waals surface area contributed by atoms with Gasteiger partial charge in [0.05, 0.1) is 11.4 Å². The van der Waals surface area contributed by atoms with Gasteiger partial charge in [-0.2, -0.15) is 5.10 Å². The minimum Gasteiger partial charge on any atom is -0.296 e. The van der Waals surface area contributed by atoms with Crippen molar-refractivity contribution in [3.8, 4) is 0 Å². The Balaban J connectivity index is 3.08. The van der Waals surface area contributed by atoms with Crippen LogP contribution >= 0.6 is 0 Å². The van der Waals surface area contributed by atoms with E-state index < -0.39 is 0 Å². The van der Waals surface area contributed by atoms with Crippen LogP contribution in [0, 0.1) is 5.92 Å². The molecule has 0 spiro atoms. The second-order valence-electron chi connectivity index (χ2n) is 5.08. The number of hydrogen-bond acceptors (Lipinski definition) is 4. The van der Waals surface area contributed by atoms with E-state index in [2.05, 4.69) is 23.9 Å². The first-order valence-corrected chi connectivity index (χ1v) is 7.02. The van der Waals surface area contributed by atoms with E-state index in [1.165, 1.54) is 0 Å². The average Bonchev–Trinajstić information content (AvgIpc) is 2.49. The molecule has 0 N–H and O–H groups in total. The summed E-state index contributed by atoms with van der Waals surface area (Å²) in [6, 6.07) is 0. The number of allylic oxidation sites excluding steroid dienone is 6. The summed E-state index contributed by atoms with van der Waals surface area (Å²) >= 11 is 0. The first kappa shape index (κ1) is 16.8. The zero-order valence-electron chi connectivity index (χ0n) is 13.4. The lowest BCUT2D eigenvalue weighted by molar-refractivity contribution is -0.102. The smallest absolute Gasteiger partial charge is 0.167 e. The highest BCUT2D eigenvalue weighted by molar-refractivity contribution is 6.34. The van der Waals surface area contributed by atoms with E-state index in [4.69, 9.17) is 0 Å². The van der Waals surface area contributed by atoms with Crippen molar-refractivity contribution in [1.29, 1.82) is 0 Å². The molecule has 0 aromatic carbocycles. The maximum absolute atomic E-state index is 10.8. The molecule has 0 radical (unpaired) electrons. The fourth-order valence-corrected chi connectivity index (χ4v) is 1.72. The van der Waals surface area contributed by atoms with Crippen LogP contribution in [0.1, 0.15) is 27.7 Å². The summed E-state index contributed by atoms with van der Waals surface area (Å²) in [6.45, 7) is 8.11. The van der Waals surface area contributed by atoms with E-state index in [9.17, 15) is 4.79 Å². The number of hydrazone groups is 1. The van der Waals surface area contributed by atoms with Crippen LogP contribution < -0.4 is 0 Å². The summed E-state index contributed by atoms with van der Waals surface area (Å²) in [7, 11) is 1.61. The van der Waals surface area contributed by atoms with Gasteiger partial charge in [0, 0.05) is 19.5 Å². The van der Waals surface area contributed by atoms with E-state index in [-0.39, 0.29) is 0 Å². The van der Waals surface area contributed by atoms with Gasteiger partial charge in [-0.05, 0) is 43.1 Å². The minimum absolute atomic E-state index is 0.386. The first-order valence-electron chi connectivity index (χ1n) is 7.02. The second kappa shape index (κ2) is 8.15. The molecule has 0 aliphatic carbocycles. The Morgan fingerprint density at radius 1 is 1.33 bits per heavy atom. The number of hydrogen-bond donors (Lipinski definition) is 0. The van der Waals surface area contributed by atoms with E-state index in [0.717, 1.165) is 23.1 Å². The van der Waals surface area contributed by atoms with Gasteiger partial charge >= 0.3 is 0 Å². The lowest BCUT2D eigenvalue weighted by atomic mass is 10.0. The molecule has 0 saturated heterocycles. The summed E-state index contributed by atoms with van der Waals surface area (Å²) in [6.07, 6.45) is 12.4. The van der Waals surface area contributed by atoms with Crippen molar-refractivity contribution in [3.63, 3.8) is 0 Å². The molecule has 0 aromatic heterocycles. The lowest BCUT2D eigenvalue weighted by Gasteiger charge is -2.21. The highest BCUT2D eigenvalue weighted by Crippen LogP contribution is 2.22. The molecular formula is C17H23N3O. The Kier molecular flexibility index (Phi) is 6.53. The van der Waals surface area contributed by atoms with Crippen LogP contribution in [-0.4, -0.2) is 30.3 Å². The normalized spacial score (nSPS) is 18.9. The van der Waals surface area contributed by atoms with E-state index in [1.807, 2.05) is 49.5 Å². The van der Waals surface area contributed by atoms with Crippen LogP contribution in [0.4, 0.5) is 0 Å². The van der Waals surface area contributed by atoms with Crippen LogP contribution in [0.25, 0.3) is 0 Å². The fraction of sp³-hybridized carbons (Fsp3) is 0.353. The van der Waals surface area contributed by atoms with E-state index >= 15 is 0 Å². The van der Waals surface area contributed by atoms with Crippen molar-refractivity contribution < 1.29 is 4.79 Å². The maximum atomic E-state index is 10.8. The van der Waals surface area contributed by atoms with Crippen LogP contribution in [0.5, 0.6) is 0 Å². The fourth-order valence-electron chi connectivity index (χ4n) is 1.72. The van der Waals surface area contributed by atoms with E-state index in [1.54, 1.807) is 13.1 Å². The molecule has 0 amide bonds. The molecule has 0 aromatic rings. The largest absolute Gasteiger partial charge is 0.296 e. The Hall–Kier alpha value is -2.23. The third-order valence-electron chi connectivity index (χ3n) is 2.94. The highest BCUT2D eigenvalue weighted by atomic mass is 16.1. The van der Waals surface area contributed by atoms with Crippen LogP contribution in [0.15, 0.2) is 57.4 Å². The molecule has 112 valence electrons. The Morgan fingerprint density at radius 3 is 2.57 bits per heavy atom. The Bertz CT molecular complexity index is 561. The van der Waals surface area contributed by atoms with Gasteiger partial charge in [-0.1, -0.05) is 26.0 Å². The Labute approximate surface area is 126 Å². The number of rotatable bonds is 5. The van der Waals surface area contributed by atoms with E-state index in [0.29, 0.717) is 11.6 Å². The highest BCUT2D eigenvalue weighted by Gasteiger charge is 2.10. The maximum Gasteiger partial charge on any atom is 0.167 e. The quantitative estimate of drug-likeness (QED) is 0.573. The predicted octanol–water partition coefficient (Wildman–Crippen LogP) is 3.50. The SMILES string of the molecule is C/C=C1\C=CC(/C(C)=C/C(C=O)=N\C)=CN1/N=C\C(C)C. The predicted molar refractivity (Wildman–Crippen MR) is 89.3 cm³/mol. The summed E-state index contributed by atoms with van der Waals surface area (Å²) in [5, 5.41) is 6.32. The molecule has 21 heavy (non-hydrogen) atoms. The Morgan fingerprint density at radius 2 is 2.05 bits per heavy atom. The zero-order chi connectivity index (χ0) is 15.8. The van der Waals surface area contributed by atoms with Crippen molar-refractivity contribution in [2.45, 2.75) is 27.7 Å². The molecule has 0 atom stereocenters. The van der Waals surface area contributed by atoms with Crippen molar-refractivity contribution in [2.75, 3.05) is 7.05 Å². The molecule has 1 rings (SSSR count). The van der Waals surface area contributed by atoms with Crippen molar-refractivity contribution >= 4 is 18.2 Å². The molecule has 1 aliphatic rings. The van der Waals surface area contributed by atoms with Gasteiger partial charge in [0.25, 0.3) is 0 Å². The van der Waals surface area contributed by atoms with Crippen molar-refractivity contribution in [3.05, 3.63) is 47.3 Å². The molecule has 0 saturated carbocycles. The second-order valence-corrected chi connectivity index (χ2v) is 5.08. The summed E-state index contributed by atoms with van der Waals surface area (Å²) < 4.78 is 0. The number of aldehydes is 1. The lowest BCUT2D eigenvalue weighted by Crippen LogP contribution is -2.13. The number of carbonyl (C=O) groups is 1. The van der Waals surface area contributed by atoms with Crippen molar-refractivity contribution in [1.82, 2.24) is 5.01 Å². The van der Waals surface area contributed by atoms with Gasteiger partial charge in [0.15, 0.2) is 6.29 Å². The molecule has 4 nitrogen and oxygen atoms in total. The minimum atomic E-state index is 0.386. The van der Waals surface area contributed by atoms with Gasteiger partial charge in [-0.15, -0.1) is 0 Å². The summed E-state index contributed by atoms with van der Waals surface area (Å²) in [4.78, 5) is 14.8. The summed E-state index contributed by atoms with van der Waals surface area (Å²) in [5.74, 6) is 0.386. The van der Waals surface area contributed by atoms with Gasteiger partial charge in [0.2, 0.25) is 0 Å². The first-order chi connectivity index (χ1) is 10.0. The van der Waals surface area contributed by atoms with Gasteiger partial charge < -0.3 is 0 Å². The average molecular weight is 285 g/mol. The van der Waals surface area contributed by atoms with Crippen LogP contribution in [0.3, 0.4) is 0 Å². The number of nitrogens with zero attached hydrogens (tertiary/aromatic N) is 3. The standard InChI is InChI=1S/C17H23N3O/c1-6-17-8-7-15(11-20(17)19-10-13(2)3)14(4)9-16(12-21)18-5/h6-13H,1-5H3/b14-9+,17-6+,18-16+,19-10-. The topological polar surface area (TPSA) is 45.0 Å². The zero-order valence-corrected chi connectivity index (χ0v) is 13.4. The molecule has 0 fully saturated rings. The van der Waals surface area contributed by atoms with Crippen molar-refractivity contribution in [2.24, 2.45) is 16.0 Å². The molecule has 0 unspecified atom stereocenters. The molecule has 0 bridgehead atoms. The van der Waals surface area contributed by atoms with Crippen LogP contribution in [0.2, 0.25) is 0 Å². The van der Waals surface area contributed by atoms with Crippen LogP contribution in [-0.2, 0) is 4.79 Å². The third-order valence-corrected chi connectivity index (χ3v) is 2.94. The van der Waals surface area contributed by atoms with Gasteiger partial charge in [-0.3, -0.25) is 9.79 Å². The monoisotopic (exact) mass is 285 g/mol. The number of carbonyl (C=O) groups excluding carboxylic acids is 1. The number of aliphatic imine (C=N–C) groups is 1. The summed E-state index contributed by atoms with van der Waals surface area (Å²) in [5.41, 5.74) is 3.42. The molecule has 1 aliphatic heterocycles. The van der Waals surface area contributed by atoms with Gasteiger partial charge in [-0.25, -0.2) is 5.01 Å². The van der Waals surface area contributed by atoms with Gasteiger partial charge in [0.1, 0.15) is 0 Å². The molecule has 4 heteroatoms.